The van der Waals surface area contributed by atoms with Gasteiger partial charge in [0.25, 0.3) is 0 Å². The summed E-state index contributed by atoms with van der Waals surface area (Å²) in [6.45, 7) is 12.7. The van der Waals surface area contributed by atoms with E-state index < -0.39 is 23.4 Å². The molecular weight excluding hydrogens is 448 g/mol. The van der Waals surface area contributed by atoms with E-state index in [1.54, 1.807) is 5.57 Å². The van der Waals surface area contributed by atoms with E-state index in [0.29, 0.717) is 31.1 Å². The molecule has 4 N–H and O–H groups in total. The fraction of sp³-hybridized carbons (Fsp3) is 0.875. The topological polar surface area (TPSA) is 80.9 Å². The molecule has 0 heterocycles. The van der Waals surface area contributed by atoms with Crippen LogP contribution in [0, 0.1) is 22.7 Å². The fourth-order valence-electron chi connectivity index (χ4n) is 8.24. The van der Waals surface area contributed by atoms with Crippen molar-refractivity contribution in [3.05, 3.63) is 23.3 Å². The van der Waals surface area contributed by atoms with Gasteiger partial charge in [0.05, 0.1) is 23.4 Å². The normalized spacial score (nSPS) is 34.4. The van der Waals surface area contributed by atoms with Crippen LogP contribution in [0.25, 0.3) is 0 Å². The number of rotatable bonds is 10. The molecule has 208 valence electrons. The van der Waals surface area contributed by atoms with Gasteiger partial charge in [-0.25, -0.2) is 0 Å². The highest BCUT2D eigenvalue weighted by atomic mass is 16.3. The third-order valence-corrected chi connectivity index (χ3v) is 9.95. The van der Waals surface area contributed by atoms with Crippen LogP contribution in [0.5, 0.6) is 0 Å². The predicted molar refractivity (Wildman–Crippen MR) is 149 cm³/mol. The number of aliphatic hydroxyl groups is 4. The lowest BCUT2D eigenvalue weighted by Gasteiger charge is -2.50. The number of aliphatic hydroxyl groups excluding tert-OH is 2. The highest BCUT2D eigenvalue weighted by Gasteiger charge is 2.54. The molecule has 0 aromatic carbocycles. The van der Waals surface area contributed by atoms with Gasteiger partial charge in [0.15, 0.2) is 0 Å². The number of hydrogen-bond donors (Lipinski definition) is 4. The van der Waals surface area contributed by atoms with Gasteiger partial charge < -0.3 is 20.4 Å². The molecule has 2 unspecified atom stereocenters. The summed E-state index contributed by atoms with van der Waals surface area (Å²) in [7, 11) is 0. The van der Waals surface area contributed by atoms with Gasteiger partial charge in [0.2, 0.25) is 0 Å². The largest absolute Gasteiger partial charge is 0.393 e. The Labute approximate surface area is 221 Å². The molecular formula is C32H56O4. The monoisotopic (exact) mass is 504 g/mol. The number of fused-ring (bicyclic) bond motifs is 1. The molecule has 0 aromatic rings. The SMILES string of the molecule is CC(C)(O)CCCC(C)(CCCC(C)(C)O)[C@H]1CCC2/C(=C/C=C3/CC(O)C[C@H](O)C3)CCC[C@@]21C. The van der Waals surface area contributed by atoms with E-state index in [4.69, 9.17) is 0 Å². The molecule has 0 spiro atoms. The molecule has 0 aromatic heterocycles. The molecule has 3 aliphatic carbocycles. The van der Waals surface area contributed by atoms with E-state index in [1.807, 2.05) is 27.7 Å². The zero-order valence-electron chi connectivity index (χ0n) is 24.2. The average molecular weight is 505 g/mol. The lowest BCUT2D eigenvalue weighted by Crippen LogP contribution is -2.41. The van der Waals surface area contributed by atoms with Crippen LogP contribution in [0.15, 0.2) is 23.3 Å². The van der Waals surface area contributed by atoms with Gasteiger partial charge >= 0.3 is 0 Å². The highest BCUT2D eigenvalue weighted by molar-refractivity contribution is 5.26. The molecule has 4 heteroatoms. The Balaban J connectivity index is 1.79. The smallest absolute Gasteiger partial charge is 0.0602 e. The molecule has 0 radical (unpaired) electrons. The maximum atomic E-state index is 10.4. The van der Waals surface area contributed by atoms with Crippen molar-refractivity contribution in [3.63, 3.8) is 0 Å². The van der Waals surface area contributed by atoms with Crippen molar-refractivity contribution in [2.45, 2.75) is 155 Å². The van der Waals surface area contributed by atoms with Crippen molar-refractivity contribution >= 4 is 0 Å². The third-order valence-electron chi connectivity index (χ3n) is 9.95. The van der Waals surface area contributed by atoms with E-state index in [0.717, 1.165) is 44.9 Å². The number of hydrogen-bond acceptors (Lipinski definition) is 4. The molecule has 36 heavy (non-hydrogen) atoms. The zero-order chi connectivity index (χ0) is 26.8. The summed E-state index contributed by atoms with van der Waals surface area (Å²) < 4.78 is 0. The summed E-state index contributed by atoms with van der Waals surface area (Å²) in [5, 5.41) is 40.9. The van der Waals surface area contributed by atoms with Crippen LogP contribution in [0.4, 0.5) is 0 Å². The van der Waals surface area contributed by atoms with Gasteiger partial charge in [0, 0.05) is 0 Å². The standard InChI is InChI=1S/C32H56O4/c1-29(2,35)15-8-17-31(5,18-9-16-30(3,4)36)28-14-13-27-24(10-7-19-32(27,28)6)12-11-23-20-25(33)22-26(34)21-23/h11-12,25-28,33-36H,7-10,13-22H2,1-6H3/b23-11-,24-12+/t25?,26-,27?,28-,32+/m1/s1. The minimum atomic E-state index is -0.620. The van der Waals surface area contributed by atoms with Gasteiger partial charge in [-0.1, -0.05) is 50.0 Å². The van der Waals surface area contributed by atoms with E-state index in [9.17, 15) is 20.4 Å². The fourth-order valence-corrected chi connectivity index (χ4v) is 8.24. The zero-order valence-corrected chi connectivity index (χ0v) is 24.2. The third kappa shape index (κ3) is 7.91. The van der Waals surface area contributed by atoms with Crippen LogP contribution in [0.3, 0.4) is 0 Å². The molecule has 3 aliphatic rings. The molecule has 5 atom stereocenters. The van der Waals surface area contributed by atoms with Crippen molar-refractivity contribution < 1.29 is 20.4 Å². The highest BCUT2D eigenvalue weighted by Crippen LogP contribution is 2.64. The van der Waals surface area contributed by atoms with Gasteiger partial charge in [-0.3, -0.25) is 0 Å². The first-order chi connectivity index (χ1) is 16.6. The van der Waals surface area contributed by atoms with Crippen LogP contribution in [-0.4, -0.2) is 43.8 Å². The minimum absolute atomic E-state index is 0.207. The second kappa shape index (κ2) is 11.6. The van der Waals surface area contributed by atoms with E-state index in [-0.39, 0.29) is 10.8 Å². The van der Waals surface area contributed by atoms with E-state index in [1.165, 1.54) is 31.3 Å². The molecule has 3 saturated carbocycles. The van der Waals surface area contributed by atoms with Crippen LogP contribution in [0.1, 0.15) is 131 Å². The van der Waals surface area contributed by atoms with E-state index >= 15 is 0 Å². The lowest BCUT2D eigenvalue weighted by atomic mass is 9.55. The van der Waals surface area contributed by atoms with Crippen molar-refractivity contribution in [3.8, 4) is 0 Å². The Kier molecular flexibility index (Phi) is 9.62. The Bertz CT molecular complexity index is 751. The first kappa shape index (κ1) is 29.9. The molecule has 4 nitrogen and oxygen atoms in total. The first-order valence-corrected chi connectivity index (χ1v) is 14.8. The summed E-state index contributed by atoms with van der Waals surface area (Å²) in [6.07, 6.45) is 17.8. The van der Waals surface area contributed by atoms with Crippen LogP contribution < -0.4 is 0 Å². The maximum absolute atomic E-state index is 10.4. The van der Waals surface area contributed by atoms with E-state index in [2.05, 4.69) is 26.0 Å². The Morgan fingerprint density at radius 3 is 1.92 bits per heavy atom. The maximum Gasteiger partial charge on any atom is 0.0602 e. The summed E-state index contributed by atoms with van der Waals surface area (Å²) >= 11 is 0. The summed E-state index contributed by atoms with van der Waals surface area (Å²) in [6, 6.07) is 0. The Morgan fingerprint density at radius 2 is 1.39 bits per heavy atom. The second-order valence-corrected chi connectivity index (χ2v) is 14.5. The summed E-state index contributed by atoms with van der Waals surface area (Å²) in [5.41, 5.74) is 2.00. The molecule has 3 rings (SSSR count). The van der Waals surface area contributed by atoms with Crippen LogP contribution >= 0.6 is 0 Å². The minimum Gasteiger partial charge on any atom is -0.393 e. The molecule has 0 amide bonds. The van der Waals surface area contributed by atoms with Gasteiger partial charge in [-0.15, -0.1) is 0 Å². The van der Waals surface area contributed by atoms with Crippen molar-refractivity contribution in [2.75, 3.05) is 0 Å². The molecule has 0 aliphatic heterocycles. The summed E-state index contributed by atoms with van der Waals surface area (Å²) in [5.74, 6) is 1.25. The van der Waals surface area contributed by atoms with Crippen LogP contribution in [0.2, 0.25) is 0 Å². The lowest BCUT2D eigenvalue weighted by molar-refractivity contribution is 0.00527. The number of allylic oxidation sites excluding steroid dienone is 3. The van der Waals surface area contributed by atoms with Crippen LogP contribution in [-0.2, 0) is 0 Å². The predicted octanol–water partition coefficient (Wildman–Crippen LogP) is 6.85. The Hall–Kier alpha value is -0.680. The van der Waals surface area contributed by atoms with Crippen molar-refractivity contribution in [2.24, 2.45) is 22.7 Å². The second-order valence-electron chi connectivity index (χ2n) is 14.5. The first-order valence-electron chi connectivity index (χ1n) is 14.8. The van der Waals surface area contributed by atoms with Gasteiger partial charge in [-0.2, -0.15) is 0 Å². The molecule has 3 fully saturated rings. The quantitative estimate of drug-likeness (QED) is 0.262. The van der Waals surface area contributed by atoms with Gasteiger partial charge in [0.1, 0.15) is 0 Å². The molecule has 0 saturated heterocycles. The van der Waals surface area contributed by atoms with Crippen molar-refractivity contribution in [1.29, 1.82) is 0 Å². The summed E-state index contributed by atoms with van der Waals surface area (Å²) in [4.78, 5) is 0. The molecule has 0 bridgehead atoms. The van der Waals surface area contributed by atoms with Crippen molar-refractivity contribution in [1.82, 2.24) is 0 Å². The average Bonchev–Trinajstić information content (AvgIpc) is 3.08. The van der Waals surface area contributed by atoms with Gasteiger partial charge in [-0.05, 0) is 127 Å². The Morgan fingerprint density at radius 1 is 0.833 bits per heavy atom.